The largest absolute Gasteiger partial charge is 0.299 e. The Hall–Kier alpha value is -0.150. The van der Waals surface area contributed by atoms with E-state index in [1.54, 1.807) is 11.3 Å². The maximum absolute atomic E-state index is 11.0. The zero-order valence-corrected chi connectivity index (χ0v) is 8.24. The van der Waals surface area contributed by atoms with E-state index in [4.69, 9.17) is 0 Å². The standard InChI is InChI=1S/C8H7BrOS/c9-5-3-8(11-4-5)6-1-2-7(6)10/h3-4,6H,1-2H2/t6-/m0/s1. The predicted octanol–water partition coefficient (Wildman–Crippen LogP) is 2.96. The number of hydrogen-bond donors (Lipinski definition) is 0. The highest BCUT2D eigenvalue weighted by molar-refractivity contribution is 9.10. The Morgan fingerprint density at radius 2 is 2.45 bits per heavy atom. The number of rotatable bonds is 1. The van der Waals surface area contributed by atoms with Crippen LogP contribution in [-0.4, -0.2) is 5.78 Å². The molecule has 1 nitrogen and oxygen atoms in total. The van der Waals surface area contributed by atoms with Crippen molar-refractivity contribution in [2.24, 2.45) is 0 Å². The van der Waals surface area contributed by atoms with Crippen molar-refractivity contribution < 1.29 is 4.79 Å². The van der Waals surface area contributed by atoms with Gasteiger partial charge >= 0.3 is 0 Å². The summed E-state index contributed by atoms with van der Waals surface area (Å²) in [7, 11) is 0. The lowest BCUT2D eigenvalue weighted by Gasteiger charge is -2.21. The molecule has 1 saturated carbocycles. The van der Waals surface area contributed by atoms with Gasteiger partial charge in [-0.05, 0) is 28.4 Å². The molecule has 0 unspecified atom stereocenters. The maximum Gasteiger partial charge on any atom is 0.141 e. The minimum atomic E-state index is 0.228. The molecule has 1 aromatic rings. The molecule has 0 N–H and O–H groups in total. The lowest BCUT2D eigenvalue weighted by atomic mass is 9.83. The molecular formula is C8H7BrOS. The van der Waals surface area contributed by atoms with Crippen LogP contribution in [0.5, 0.6) is 0 Å². The van der Waals surface area contributed by atoms with Crippen molar-refractivity contribution in [3.05, 3.63) is 20.8 Å². The van der Waals surface area contributed by atoms with Crippen LogP contribution in [0.25, 0.3) is 0 Å². The van der Waals surface area contributed by atoms with Crippen LogP contribution in [0.1, 0.15) is 23.6 Å². The fourth-order valence-corrected chi connectivity index (χ4v) is 2.82. The number of carbonyl (C=O) groups is 1. The molecule has 0 radical (unpaired) electrons. The molecule has 1 heterocycles. The summed E-state index contributed by atoms with van der Waals surface area (Å²) in [4.78, 5) is 12.2. The van der Waals surface area contributed by atoms with Crippen LogP contribution in [0.2, 0.25) is 0 Å². The van der Waals surface area contributed by atoms with E-state index in [9.17, 15) is 4.79 Å². The molecule has 11 heavy (non-hydrogen) atoms. The predicted molar refractivity (Wildman–Crippen MR) is 49.0 cm³/mol. The smallest absolute Gasteiger partial charge is 0.141 e. The van der Waals surface area contributed by atoms with Crippen LogP contribution in [0.15, 0.2) is 15.9 Å². The summed E-state index contributed by atoms with van der Waals surface area (Å²) in [6.45, 7) is 0. The topological polar surface area (TPSA) is 17.1 Å². The van der Waals surface area contributed by atoms with Gasteiger partial charge in [0.05, 0.1) is 5.92 Å². The summed E-state index contributed by atoms with van der Waals surface area (Å²) in [6, 6.07) is 2.05. The molecule has 0 amide bonds. The van der Waals surface area contributed by atoms with Gasteiger partial charge in [0.25, 0.3) is 0 Å². The quantitative estimate of drug-likeness (QED) is 0.726. The number of hydrogen-bond acceptors (Lipinski definition) is 2. The van der Waals surface area contributed by atoms with Crippen LogP contribution in [0.3, 0.4) is 0 Å². The number of Topliss-reactive ketones (excluding diaryl/α,β-unsaturated/α-hetero) is 1. The molecule has 3 heteroatoms. The lowest BCUT2D eigenvalue weighted by Crippen LogP contribution is -2.21. The first-order valence-corrected chi connectivity index (χ1v) is 5.21. The van der Waals surface area contributed by atoms with Crippen LogP contribution in [0.4, 0.5) is 0 Å². The molecule has 0 spiro atoms. The highest BCUT2D eigenvalue weighted by Gasteiger charge is 2.30. The van der Waals surface area contributed by atoms with Crippen molar-refractivity contribution in [1.82, 2.24) is 0 Å². The van der Waals surface area contributed by atoms with Gasteiger partial charge in [-0.25, -0.2) is 0 Å². The zero-order chi connectivity index (χ0) is 7.84. The molecule has 1 aliphatic rings. The van der Waals surface area contributed by atoms with Crippen molar-refractivity contribution in [1.29, 1.82) is 0 Å². The van der Waals surface area contributed by atoms with E-state index in [-0.39, 0.29) is 5.92 Å². The Kier molecular flexibility index (Phi) is 1.85. The molecule has 1 aliphatic carbocycles. The molecule has 1 fully saturated rings. The van der Waals surface area contributed by atoms with Crippen molar-refractivity contribution in [3.8, 4) is 0 Å². The fourth-order valence-electron chi connectivity index (χ4n) is 1.22. The lowest BCUT2D eigenvalue weighted by molar-refractivity contribution is -0.125. The monoisotopic (exact) mass is 230 g/mol. The molecule has 1 aromatic heterocycles. The van der Waals surface area contributed by atoms with Gasteiger partial charge in [0.15, 0.2) is 0 Å². The normalized spacial score (nSPS) is 23.4. The molecule has 58 valence electrons. The van der Waals surface area contributed by atoms with E-state index in [2.05, 4.69) is 15.9 Å². The van der Waals surface area contributed by atoms with Gasteiger partial charge in [-0.2, -0.15) is 0 Å². The van der Waals surface area contributed by atoms with Crippen LogP contribution in [-0.2, 0) is 4.79 Å². The third kappa shape index (κ3) is 1.27. The molecular weight excluding hydrogens is 224 g/mol. The first kappa shape index (κ1) is 7.50. The van der Waals surface area contributed by atoms with E-state index < -0.39 is 0 Å². The Labute approximate surface area is 77.6 Å². The SMILES string of the molecule is O=C1CC[C@@H]1c1cc(Br)cs1. The third-order valence-corrected chi connectivity index (χ3v) is 3.81. The molecule has 1 atom stereocenters. The zero-order valence-electron chi connectivity index (χ0n) is 5.84. The maximum atomic E-state index is 11.0. The second-order valence-electron chi connectivity index (χ2n) is 2.72. The molecule has 0 bridgehead atoms. The van der Waals surface area contributed by atoms with Gasteiger partial charge in [0.1, 0.15) is 5.78 Å². The van der Waals surface area contributed by atoms with Crippen LogP contribution in [0, 0.1) is 0 Å². The highest BCUT2D eigenvalue weighted by Crippen LogP contribution is 2.37. The molecule has 2 rings (SSSR count). The number of ketones is 1. The van der Waals surface area contributed by atoms with Gasteiger partial charge in [0, 0.05) is 21.2 Å². The third-order valence-electron chi connectivity index (χ3n) is 2.00. The molecule has 0 saturated heterocycles. The van der Waals surface area contributed by atoms with Gasteiger partial charge in [0.2, 0.25) is 0 Å². The van der Waals surface area contributed by atoms with E-state index >= 15 is 0 Å². The van der Waals surface area contributed by atoms with E-state index in [1.807, 2.05) is 11.4 Å². The highest BCUT2D eigenvalue weighted by atomic mass is 79.9. The first-order valence-electron chi connectivity index (χ1n) is 3.54. The Morgan fingerprint density at radius 3 is 2.82 bits per heavy atom. The fraction of sp³-hybridized carbons (Fsp3) is 0.375. The van der Waals surface area contributed by atoms with Crippen molar-refractivity contribution >= 4 is 33.0 Å². The summed E-state index contributed by atoms with van der Waals surface area (Å²) >= 11 is 5.04. The van der Waals surface area contributed by atoms with Gasteiger partial charge in [-0.15, -0.1) is 11.3 Å². The van der Waals surface area contributed by atoms with Crippen LogP contribution >= 0.6 is 27.3 Å². The van der Waals surface area contributed by atoms with Crippen molar-refractivity contribution in [2.75, 3.05) is 0 Å². The minimum Gasteiger partial charge on any atom is -0.299 e. The number of carbonyl (C=O) groups excluding carboxylic acids is 1. The summed E-state index contributed by atoms with van der Waals surface area (Å²) < 4.78 is 1.09. The average Bonchev–Trinajstić information content (AvgIpc) is 2.33. The summed E-state index contributed by atoms with van der Waals surface area (Å²) in [5.74, 6) is 0.630. The summed E-state index contributed by atoms with van der Waals surface area (Å²) in [5, 5.41) is 2.03. The molecule has 0 aromatic carbocycles. The van der Waals surface area contributed by atoms with Gasteiger partial charge in [-0.3, -0.25) is 4.79 Å². The Morgan fingerprint density at radius 1 is 1.64 bits per heavy atom. The van der Waals surface area contributed by atoms with E-state index in [0.29, 0.717) is 5.78 Å². The van der Waals surface area contributed by atoms with E-state index in [1.165, 1.54) is 4.88 Å². The van der Waals surface area contributed by atoms with E-state index in [0.717, 1.165) is 17.3 Å². The Bertz CT molecular complexity index is 292. The first-order chi connectivity index (χ1) is 5.27. The average molecular weight is 231 g/mol. The number of thiophene rings is 1. The van der Waals surface area contributed by atoms with Gasteiger partial charge < -0.3 is 0 Å². The minimum absolute atomic E-state index is 0.228. The summed E-state index contributed by atoms with van der Waals surface area (Å²) in [6.07, 6.45) is 1.83. The summed E-state index contributed by atoms with van der Waals surface area (Å²) in [5.41, 5.74) is 0. The van der Waals surface area contributed by atoms with Crippen molar-refractivity contribution in [3.63, 3.8) is 0 Å². The van der Waals surface area contributed by atoms with Crippen molar-refractivity contribution in [2.45, 2.75) is 18.8 Å². The second-order valence-corrected chi connectivity index (χ2v) is 4.58. The Balaban J connectivity index is 2.23. The second kappa shape index (κ2) is 2.72. The van der Waals surface area contributed by atoms with Gasteiger partial charge in [-0.1, -0.05) is 0 Å². The van der Waals surface area contributed by atoms with Crippen LogP contribution < -0.4 is 0 Å². The number of halogens is 1. The molecule has 0 aliphatic heterocycles.